The number of hydrogen-bond donors (Lipinski definition) is 1. The van der Waals surface area contributed by atoms with E-state index < -0.39 is 0 Å². The van der Waals surface area contributed by atoms with E-state index in [0.29, 0.717) is 0 Å². The summed E-state index contributed by atoms with van der Waals surface area (Å²) in [4.78, 5) is 26.5. The van der Waals surface area contributed by atoms with Crippen LogP contribution in [0.2, 0.25) is 0 Å². The predicted molar refractivity (Wildman–Crippen MR) is 57.6 cm³/mol. The normalized spacial score (nSPS) is 32.5. The van der Waals surface area contributed by atoms with Crippen LogP contribution in [-0.4, -0.2) is 59.0 Å². The number of likely N-dealkylation sites (N-methyl/N-ethyl adjacent to an activating group) is 1. The van der Waals surface area contributed by atoms with Crippen molar-refractivity contribution in [2.75, 3.05) is 20.2 Å². The van der Waals surface area contributed by atoms with Gasteiger partial charge in [0.25, 0.3) is 0 Å². The van der Waals surface area contributed by atoms with E-state index in [1.165, 1.54) is 11.9 Å². The number of piperidine rings is 1. The molecular weight excluding hydrogens is 208 g/mol. The quantitative estimate of drug-likeness (QED) is 0.650. The Hall–Kier alpha value is -0.940. The monoisotopic (exact) mass is 226 g/mol. The molecule has 1 N–H and O–H groups in total. The SMILES string of the molecule is CN1C(=O)CC(N2CCCCC2CO)C1=O. The number of carbonyl (C=O) groups excluding carboxylic acids is 2. The van der Waals surface area contributed by atoms with Crippen LogP contribution in [0.5, 0.6) is 0 Å². The van der Waals surface area contributed by atoms with E-state index in [0.717, 1.165) is 25.8 Å². The van der Waals surface area contributed by atoms with Crippen molar-refractivity contribution in [1.82, 2.24) is 9.80 Å². The van der Waals surface area contributed by atoms with Crippen molar-refractivity contribution < 1.29 is 14.7 Å². The molecule has 0 aromatic rings. The van der Waals surface area contributed by atoms with Crippen molar-refractivity contribution in [2.24, 2.45) is 0 Å². The third kappa shape index (κ3) is 1.85. The summed E-state index contributed by atoms with van der Waals surface area (Å²) in [5, 5.41) is 9.29. The van der Waals surface area contributed by atoms with Crippen LogP contribution < -0.4 is 0 Å². The molecule has 2 unspecified atom stereocenters. The van der Waals surface area contributed by atoms with Gasteiger partial charge in [-0.2, -0.15) is 0 Å². The van der Waals surface area contributed by atoms with E-state index in [1.807, 2.05) is 4.90 Å². The summed E-state index contributed by atoms with van der Waals surface area (Å²) in [7, 11) is 1.53. The molecule has 0 saturated carbocycles. The number of imide groups is 1. The van der Waals surface area contributed by atoms with Crippen molar-refractivity contribution in [3.8, 4) is 0 Å². The molecule has 5 heteroatoms. The number of nitrogens with zero attached hydrogens (tertiary/aromatic N) is 2. The van der Waals surface area contributed by atoms with Gasteiger partial charge in [-0.1, -0.05) is 6.42 Å². The molecule has 2 heterocycles. The van der Waals surface area contributed by atoms with Crippen LogP contribution in [-0.2, 0) is 9.59 Å². The highest BCUT2D eigenvalue weighted by molar-refractivity contribution is 6.05. The van der Waals surface area contributed by atoms with E-state index in [4.69, 9.17) is 0 Å². The van der Waals surface area contributed by atoms with E-state index in [1.54, 1.807) is 0 Å². The van der Waals surface area contributed by atoms with Gasteiger partial charge < -0.3 is 5.11 Å². The molecule has 16 heavy (non-hydrogen) atoms. The van der Waals surface area contributed by atoms with Gasteiger partial charge in [0.15, 0.2) is 0 Å². The number of likely N-dealkylation sites (tertiary alicyclic amines) is 2. The highest BCUT2D eigenvalue weighted by atomic mass is 16.3. The molecule has 0 aromatic carbocycles. The molecule has 2 amide bonds. The van der Waals surface area contributed by atoms with E-state index in [-0.39, 0.29) is 36.9 Å². The van der Waals surface area contributed by atoms with Crippen LogP contribution in [0.1, 0.15) is 25.7 Å². The predicted octanol–water partition coefficient (Wildman–Crippen LogP) is -0.410. The molecule has 5 nitrogen and oxygen atoms in total. The summed E-state index contributed by atoms with van der Waals surface area (Å²) in [6, 6.07) is -0.294. The Kier molecular flexibility index (Phi) is 3.25. The summed E-state index contributed by atoms with van der Waals surface area (Å²) >= 11 is 0. The molecule has 0 bridgehead atoms. The first kappa shape index (κ1) is 11.5. The fourth-order valence-electron chi connectivity index (χ4n) is 2.62. The van der Waals surface area contributed by atoms with Gasteiger partial charge in [0.2, 0.25) is 11.8 Å². The van der Waals surface area contributed by atoms with Crippen LogP contribution in [0.4, 0.5) is 0 Å². The van der Waals surface area contributed by atoms with Crippen molar-refractivity contribution in [3.63, 3.8) is 0 Å². The molecule has 2 aliphatic heterocycles. The Morgan fingerprint density at radius 2 is 2.12 bits per heavy atom. The first-order valence-electron chi connectivity index (χ1n) is 5.82. The van der Waals surface area contributed by atoms with Gasteiger partial charge in [-0.05, 0) is 19.4 Å². The molecule has 0 aliphatic carbocycles. The van der Waals surface area contributed by atoms with Crippen LogP contribution in [0.25, 0.3) is 0 Å². The van der Waals surface area contributed by atoms with Gasteiger partial charge in [0.1, 0.15) is 0 Å². The zero-order valence-electron chi connectivity index (χ0n) is 9.56. The maximum absolute atomic E-state index is 11.9. The lowest BCUT2D eigenvalue weighted by atomic mass is 9.99. The minimum absolute atomic E-state index is 0.0435. The molecule has 0 aromatic heterocycles. The number of aliphatic hydroxyl groups is 1. The average Bonchev–Trinajstić information content (AvgIpc) is 2.57. The lowest BCUT2D eigenvalue weighted by Crippen LogP contribution is -2.50. The molecule has 90 valence electrons. The lowest BCUT2D eigenvalue weighted by Gasteiger charge is -2.37. The minimum atomic E-state index is -0.338. The molecule has 2 atom stereocenters. The van der Waals surface area contributed by atoms with Crippen molar-refractivity contribution in [1.29, 1.82) is 0 Å². The number of rotatable bonds is 2. The first-order valence-corrected chi connectivity index (χ1v) is 5.82. The molecule has 2 saturated heterocycles. The highest BCUT2D eigenvalue weighted by Crippen LogP contribution is 2.25. The lowest BCUT2D eigenvalue weighted by molar-refractivity contribution is -0.138. The number of aliphatic hydroxyl groups excluding tert-OH is 1. The van der Waals surface area contributed by atoms with Gasteiger partial charge in [0.05, 0.1) is 19.1 Å². The molecule has 0 spiro atoms. The first-order chi connectivity index (χ1) is 7.65. The van der Waals surface area contributed by atoms with Gasteiger partial charge in [-0.15, -0.1) is 0 Å². The Bertz CT molecular complexity index is 306. The number of carbonyl (C=O) groups is 2. The Balaban J connectivity index is 2.11. The summed E-state index contributed by atoms with van der Waals surface area (Å²) in [5.41, 5.74) is 0. The molecule has 0 radical (unpaired) electrons. The summed E-state index contributed by atoms with van der Waals surface area (Å²) in [6.07, 6.45) is 3.31. The van der Waals surface area contributed by atoms with Gasteiger partial charge >= 0.3 is 0 Å². The minimum Gasteiger partial charge on any atom is -0.395 e. The average molecular weight is 226 g/mol. The van der Waals surface area contributed by atoms with Crippen molar-refractivity contribution in [2.45, 2.75) is 37.8 Å². The molecule has 2 rings (SSSR count). The smallest absolute Gasteiger partial charge is 0.246 e. The zero-order valence-corrected chi connectivity index (χ0v) is 9.56. The van der Waals surface area contributed by atoms with Crippen molar-refractivity contribution >= 4 is 11.8 Å². The second-order valence-electron chi connectivity index (χ2n) is 4.58. The second kappa shape index (κ2) is 4.51. The Morgan fingerprint density at radius 1 is 1.38 bits per heavy atom. The third-order valence-electron chi connectivity index (χ3n) is 3.64. The largest absolute Gasteiger partial charge is 0.395 e. The maximum Gasteiger partial charge on any atom is 0.246 e. The fourth-order valence-corrected chi connectivity index (χ4v) is 2.62. The number of hydrogen-bond acceptors (Lipinski definition) is 4. The van der Waals surface area contributed by atoms with E-state index in [9.17, 15) is 14.7 Å². The maximum atomic E-state index is 11.9. The summed E-state index contributed by atoms with van der Waals surface area (Å²) in [5.74, 6) is -0.234. The second-order valence-corrected chi connectivity index (χ2v) is 4.58. The van der Waals surface area contributed by atoms with E-state index in [2.05, 4.69) is 0 Å². The third-order valence-corrected chi connectivity index (χ3v) is 3.64. The fraction of sp³-hybridized carbons (Fsp3) is 0.818. The van der Waals surface area contributed by atoms with Gasteiger partial charge in [-0.25, -0.2) is 0 Å². The van der Waals surface area contributed by atoms with Crippen molar-refractivity contribution in [3.05, 3.63) is 0 Å². The topological polar surface area (TPSA) is 60.9 Å². The Labute approximate surface area is 95.0 Å². The molecular formula is C11H18N2O3. The summed E-state index contributed by atoms with van der Waals surface area (Å²) in [6.45, 7) is 0.879. The van der Waals surface area contributed by atoms with E-state index >= 15 is 0 Å². The van der Waals surface area contributed by atoms with Gasteiger partial charge in [-0.3, -0.25) is 19.4 Å². The van der Waals surface area contributed by atoms with Crippen LogP contribution >= 0.6 is 0 Å². The number of amides is 2. The van der Waals surface area contributed by atoms with Gasteiger partial charge in [0, 0.05) is 13.1 Å². The standard InChI is InChI=1S/C11H18N2O3/c1-12-10(15)6-9(11(12)16)13-5-3-2-4-8(13)7-14/h8-9,14H,2-7H2,1H3. The zero-order chi connectivity index (χ0) is 11.7. The van der Waals surface area contributed by atoms with Crippen LogP contribution in [0.3, 0.4) is 0 Å². The highest BCUT2D eigenvalue weighted by Gasteiger charge is 2.42. The molecule has 2 fully saturated rings. The van der Waals surface area contributed by atoms with Crippen LogP contribution in [0, 0.1) is 0 Å². The summed E-state index contributed by atoms with van der Waals surface area (Å²) < 4.78 is 0. The molecule has 2 aliphatic rings. The Morgan fingerprint density at radius 3 is 2.69 bits per heavy atom. The van der Waals surface area contributed by atoms with Crippen LogP contribution in [0.15, 0.2) is 0 Å².